The number of rotatable bonds is 4. The van der Waals surface area contributed by atoms with Crippen molar-refractivity contribution < 1.29 is 18.8 Å². The van der Waals surface area contributed by atoms with E-state index in [1.54, 1.807) is 12.1 Å². The number of thiophene rings is 1. The van der Waals surface area contributed by atoms with Crippen molar-refractivity contribution in [3.8, 4) is 0 Å². The average molecular weight is 362 g/mol. The van der Waals surface area contributed by atoms with Gasteiger partial charge in [0, 0.05) is 4.88 Å². The van der Waals surface area contributed by atoms with Crippen molar-refractivity contribution in [1.29, 1.82) is 0 Å². The van der Waals surface area contributed by atoms with Gasteiger partial charge in [-0.15, -0.1) is 11.3 Å². The zero-order valence-electron chi connectivity index (χ0n) is 12.2. The van der Waals surface area contributed by atoms with Crippen LogP contribution in [0, 0.1) is 5.82 Å². The van der Waals surface area contributed by atoms with Crippen LogP contribution in [0.1, 0.15) is 4.88 Å². The van der Waals surface area contributed by atoms with Crippen molar-refractivity contribution in [2.75, 3.05) is 11.9 Å². The number of imide groups is 1. The number of nitrogens with zero attached hydrogens (tertiary/aromatic N) is 1. The van der Waals surface area contributed by atoms with Crippen LogP contribution in [-0.2, 0) is 9.59 Å². The number of thioether (sulfide) groups is 1. The van der Waals surface area contributed by atoms with Gasteiger partial charge in [0.25, 0.3) is 11.1 Å². The first kappa shape index (κ1) is 16.4. The van der Waals surface area contributed by atoms with Crippen LogP contribution in [-0.4, -0.2) is 28.5 Å². The van der Waals surface area contributed by atoms with E-state index >= 15 is 0 Å². The van der Waals surface area contributed by atoms with Gasteiger partial charge in [0.15, 0.2) is 0 Å². The molecule has 5 nitrogen and oxygen atoms in total. The summed E-state index contributed by atoms with van der Waals surface area (Å²) in [6.07, 6.45) is 1.62. The number of amides is 3. The van der Waals surface area contributed by atoms with Crippen LogP contribution in [0.15, 0.2) is 46.7 Å². The fourth-order valence-electron chi connectivity index (χ4n) is 2.03. The van der Waals surface area contributed by atoms with Crippen LogP contribution in [0.2, 0.25) is 0 Å². The van der Waals surface area contributed by atoms with Crippen molar-refractivity contribution in [1.82, 2.24) is 4.90 Å². The third-order valence-corrected chi connectivity index (χ3v) is 4.87. The van der Waals surface area contributed by atoms with Crippen LogP contribution in [0.3, 0.4) is 0 Å². The quantitative estimate of drug-likeness (QED) is 0.845. The van der Waals surface area contributed by atoms with E-state index in [1.165, 1.54) is 29.5 Å². The Morgan fingerprint density at radius 3 is 2.71 bits per heavy atom. The molecule has 0 atom stereocenters. The van der Waals surface area contributed by atoms with Crippen molar-refractivity contribution in [2.45, 2.75) is 0 Å². The third-order valence-electron chi connectivity index (χ3n) is 3.14. The van der Waals surface area contributed by atoms with Crippen LogP contribution < -0.4 is 5.32 Å². The highest BCUT2D eigenvalue weighted by molar-refractivity contribution is 8.18. The molecule has 1 aromatic heterocycles. The highest BCUT2D eigenvalue weighted by atomic mass is 32.2. The van der Waals surface area contributed by atoms with Gasteiger partial charge in [0.05, 0.1) is 10.6 Å². The maximum atomic E-state index is 13.5. The maximum absolute atomic E-state index is 13.5. The molecule has 2 aromatic rings. The first-order valence-corrected chi connectivity index (χ1v) is 8.57. The summed E-state index contributed by atoms with van der Waals surface area (Å²) in [6, 6.07) is 9.34. The lowest BCUT2D eigenvalue weighted by Gasteiger charge is -2.12. The van der Waals surface area contributed by atoms with Crippen LogP contribution in [0.5, 0.6) is 0 Å². The van der Waals surface area contributed by atoms with Crippen molar-refractivity contribution in [3.05, 3.63) is 57.4 Å². The molecule has 1 aliphatic rings. The summed E-state index contributed by atoms with van der Waals surface area (Å²) < 4.78 is 13.5. The van der Waals surface area contributed by atoms with Gasteiger partial charge in [-0.05, 0) is 41.4 Å². The molecule has 2 heterocycles. The molecule has 0 saturated carbocycles. The molecule has 3 rings (SSSR count). The molecule has 0 bridgehead atoms. The lowest BCUT2D eigenvalue weighted by molar-refractivity contribution is -0.127. The second kappa shape index (κ2) is 6.98. The molecular weight excluding hydrogens is 351 g/mol. The average Bonchev–Trinajstić information content (AvgIpc) is 3.14. The molecule has 122 valence electrons. The van der Waals surface area contributed by atoms with Gasteiger partial charge in [-0.3, -0.25) is 19.3 Å². The Hall–Kier alpha value is -2.45. The number of hydrogen-bond donors (Lipinski definition) is 1. The lowest BCUT2D eigenvalue weighted by atomic mass is 10.3. The lowest BCUT2D eigenvalue weighted by Crippen LogP contribution is -2.36. The minimum Gasteiger partial charge on any atom is -0.322 e. The zero-order valence-corrected chi connectivity index (χ0v) is 13.8. The highest BCUT2D eigenvalue weighted by Gasteiger charge is 2.36. The number of carbonyl (C=O) groups excluding carboxylic acids is 3. The Morgan fingerprint density at radius 1 is 1.21 bits per heavy atom. The summed E-state index contributed by atoms with van der Waals surface area (Å²) in [4.78, 5) is 38.2. The minimum absolute atomic E-state index is 0.00333. The molecule has 1 aliphatic heterocycles. The van der Waals surface area contributed by atoms with Gasteiger partial charge in [0.1, 0.15) is 12.4 Å². The normalized spacial score (nSPS) is 16.0. The summed E-state index contributed by atoms with van der Waals surface area (Å²) >= 11 is 2.22. The standard InChI is InChI=1S/C16H11FN2O3S2/c17-11-5-1-2-6-12(11)18-14(20)9-19-15(21)13(24-16(19)22)8-10-4-3-7-23-10/h1-8H,9H2,(H,18,20)/b13-8-. The molecule has 1 aromatic carbocycles. The molecule has 24 heavy (non-hydrogen) atoms. The van der Waals surface area contributed by atoms with Gasteiger partial charge in [-0.25, -0.2) is 4.39 Å². The summed E-state index contributed by atoms with van der Waals surface area (Å²) in [5, 5.41) is 3.69. The fraction of sp³-hybridized carbons (Fsp3) is 0.0625. The van der Waals surface area contributed by atoms with E-state index in [0.717, 1.165) is 21.5 Å². The van der Waals surface area contributed by atoms with Gasteiger partial charge < -0.3 is 5.32 Å². The van der Waals surface area contributed by atoms with E-state index in [2.05, 4.69) is 5.32 Å². The molecule has 1 saturated heterocycles. The number of nitrogens with one attached hydrogen (secondary N) is 1. The number of hydrogen-bond acceptors (Lipinski definition) is 5. The molecule has 8 heteroatoms. The molecule has 0 radical (unpaired) electrons. The second-order valence-corrected chi connectivity index (χ2v) is 6.78. The third kappa shape index (κ3) is 3.55. The van der Waals surface area contributed by atoms with Crippen molar-refractivity contribution in [2.24, 2.45) is 0 Å². The summed E-state index contributed by atoms with van der Waals surface area (Å²) in [5.41, 5.74) is 0.00333. The fourth-order valence-corrected chi connectivity index (χ4v) is 3.60. The summed E-state index contributed by atoms with van der Waals surface area (Å²) in [5.74, 6) is -1.75. The van der Waals surface area contributed by atoms with Gasteiger partial charge in [-0.1, -0.05) is 18.2 Å². The van der Waals surface area contributed by atoms with E-state index in [1.807, 2.05) is 17.5 Å². The van der Waals surface area contributed by atoms with E-state index in [0.29, 0.717) is 0 Å². The number of anilines is 1. The molecule has 1 fully saturated rings. The zero-order chi connectivity index (χ0) is 17.1. The Kier molecular flexibility index (Phi) is 4.77. The van der Waals surface area contributed by atoms with Crippen molar-refractivity contribution in [3.63, 3.8) is 0 Å². The summed E-state index contributed by atoms with van der Waals surface area (Å²) in [7, 11) is 0. The SMILES string of the molecule is O=C(CN1C(=O)S/C(=C\c2cccs2)C1=O)Nc1ccccc1F. The Morgan fingerprint density at radius 2 is 2.00 bits per heavy atom. The molecule has 3 amide bonds. The Bertz CT molecular complexity index is 834. The number of para-hydroxylation sites is 1. The van der Waals surface area contributed by atoms with Gasteiger partial charge >= 0.3 is 0 Å². The number of benzene rings is 1. The second-order valence-electron chi connectivity index (χ2n) is 4.81. The number of carbonyl (C=O) groups is 3. The molecule has 0 aliphatic carbocycles. The first-order valence-electron chi connectivity index (χ1n) is 6.88. The van der Waals surface area contributed by atoms with Crippen LogP contribution in [0.25, 0.3) is 6.08 Å². The molecule has 0 spiro atoms. The van der Waals surface area contributed by atoms with E-state index in [-0.39, 0.29) is 10.6 Å². The summed E-state index contributed by atoms with van der Waals surface area (Å²) in [6.45, 7) is -0.458. The van der Waals surface area contributed by atoms with E-state index in [9.17, 15) is 18.8 Å². The molecule has 1 N–H and O–H groups in total. The first-order chi connectivity index (χ1) is 11.5. The van der Waals surface area contributed by atoms with Gasteiger partial charge in [0.2, 0.25) is 5.91 Å². The Labute approximate surface area is 145 Å². The molecule has 0 unspecified atom stereocenters. The predicted octanol–water partition coefficient (Wildman–Crippen LogP) is 3.56. The predicted molar refractivity (Wildman–Crippen MR) is 92.0 cm³/mol. The monoisotopic (exact) mass is 362 g/mol. The van der Waals surface area contributed by atoms with E-state index in [4.69, 9.17) is 0 Å². The molecular formula is C16H11FN2O3S2. The topological polar surface area (TPSA) is 66.5 Å². The van der Waals surface area contributed by atoms with Crippen LogP contribution >= 0.6 is 23.1 Å². The smallest absolute Gasteiger partial charge is 0.294 e. The highest BCUT2D eigenvalue weighted by Crippen LogP contribution is 2.32. The van der Waals surface area contributed by atoms with Crippen LogP contribution in [0.4, 0.5) is 14.9 Å². The van der Waals surface area contributed by atoms with Crippen molar-refractivity contribution >= 4 is 51.9 Å². The largest absolute Gasteiger partial charge is 0.322 e. The Balaban J connectivity index is 1.69. The maximum Gasteiger partial charge on any atom is 0.294 e. The van der Waals surface area contributed by atoms with Gasteiger partial charge in [-0.2, -0.15) is 0 Å². The van der Waals surface area contributed by atoms with E-state index < -0.39 is 29.4 Å². The number of halogens is 1. The minimum atomic E-state index is -0.639.